The number of hydrogen-bond acceptors (Lipinski definition) is 7. The maximum atomic E-state index is 12.5. The van der Waals surface area contributed by atoms with Gasteiger partial charge in [0.1, 0.15) is 10.4 Å². The van der Waals surface area contributed by atoms with Crippen molar-refractivity contribution in [1.29, 1.82) is 0 Å². The van der Waals surface area contributed by atoms with Crippen molar-refractivity contribution >= 4 is 56.8 Å². The summed E-state index contributed by atoms with van der Waals surface area (Å²) in [5.74, 6) is -2.25. The number of thiophene rings is 1. The van der Waals surface area contributed by atoms with Crippen LogP contribution in [0.1, 0.15) is 35.4 Å². The second-order valence-electron chi connectivity index (χ2n) is 7.34. The SMILES string of the molecule is COC(=O)C1CCC(NC(=O)CNC(=O)c2sc3ccccc3c2Cl)(C(=O)OC)CC1. The molecular weight excluding hydrogens is 444 g/mol. The third-order valence-corrected chi connectivity index (χ3v) is 7.15. The summed E-state index contributed by atoms with van der Waals surface area (Å²) in [4.78, 5) is 49.6. The fraction of sp³-hybridized carbons (Fsp3) is 0.429. The lowest BCUT2D eigenvalue weighted by Crippen LogP contribution is -2.58. The standard InChI is InChI=1S/C21H23ClN2O6S/c1-29-19(27)12-7-9-21(10-8-12,20(28)30-2)24-15(25)11-23-18(26)17-16(22)13-5-3-4-6-14(13)31-17/h3-6,12H,7-11H2,1-2H3,(H,23,26)(H,24,25). The highest BCUT2D eigenvalue weighted by Crippen LogP contribution is 2.35. The van der Waals surface area contributed by atoms with E-state index in [4.69, 9.17) is 21.1 Å². The minimum atomic E-state index is -1.24. The third kappa shape index (κ3) is 4.83. The first-order valence-corrected chi connectivity index (χ1v) is 10.9. The summed E-state index contributed by atoms with van der Waals surface area (Å²) in [5, 5.41) is 6.36. The minimum Gasteiger partial charge on any atom is -0.469 e. The first kappa shape index (κ1) is 23.0. The van der Waals surface area contributed by atoms with Crippen LogP contribution >= 0.6 is 22.9 Å². The monoisotopic (exact) mass is 466 g/mol. The first-order valence-electron chi connectivity index (χ1n) is 9.74. The summed E-state index contributed by atoms with van der Waals surface area (Å²) in [5.41, 5.74) is -1.24. The molecule has 1 heterocycles. The molecule has 0 saturated heterocycles. The molecule has 31 heavy (non-hydrogen) atoms. The van der Waals surface area contributed by atoms with E-state index in [1.807, 2.05) is 24.3 Å². The molecule has 0 atom stereocenters. The summed E-state index contributed by atoms with van der Waals surface area (Å²) >= 11 is 7.55. The predicted octanol–water partition coefficient (Wildman–Crippen LogP) is 2.68. The lowest BCUT2D eigenvalue weighted by Gasteiger charge is -2.37. The Balaban J connectivity index is 1.63. The molecule has 0 bridgehead atoms. The number of carbonyl (C=O) groups excluding carboxylic acids is 4. The van der Waals surface area contributed by atoms with Crippen molar-refractivity contribution in [1.82, 2.24) is 10.6 Å². The third-order valence-electron chi connectivity index (χ3n) is 5.48. The average molecular weight is 467 g/mol. The summed E-state index contributed by atoms with van der Waals surface area (Å²) in [6.07, 6.45) is 1.24. The van der Waals surface area contributed by atoms with Crippen molar-refractivity contribution in [2.24, 2.45) is 5.92 Å². The summed E-state index contributed by atoms with van der Waals surface area (Å²) < 4.78 is 10.5. The van der Waals surface area contributed by atoms with E-state index in [1.54, 1.807) is 0 Å². The number of hydrogen-bond donors (Lipinski definition) is 2. The van der Waals surface area contributed by atoms with Gasteiger partial charge in [0.15, 0.2) is 0 Å². The number of methoxy groups -OCH3 is 2. The minimum absolute atomic E-state index is 0.237. The fourth-order valence-corrected chi connectivity index (χ4v) is 5.23. The second kappa shape index (κ2) is 9.65. The van der Waals surface area contributed by atoms with Crippen LogP contribution in [-0.2, 0) is 23.9 Å². The smallest absolute Gasteiger partial charge is 0.331 e. The highest BCUT2D eigenvalue weighted by Gasteiger charge is 2.45. The Hall–Kier alpha value is -2.65. The van der Waals surface area contributed by atoms with Gasteiger partial charge in [0.25, 0.3) is 5.91 Å². The van der Waals surface area contributed by atoms with Crippen molar-refractivity contribution in [3.05, 3.63) is 34.2 Å². The highest BCUT2D eigenvalue weighted by molar-refractivity contribution is 7.21. The zero-order valence-electron chi connectivity index (χ0n) is 17.2. The number of nitrogens with one attached hydrogen (secondary N) is 2. The van der Waals surface area contributed by atoms with Gasteiger partial charge in [0, 0.05) is 10.1 Å². The van der Waals surface area contributed by atoms with Gasteiger partial charge < -0.3 is 20.1 Å². The lowest BCUT2D eigenvalue weighted by atomic mass is 9.76. The Morgan fingerprint density at radius 3 is 2.42 bits per heavy atom. The van der Waals surface area contributed by atoms with E-state index in [-0.39, 0.29) is 31.3 Å². The van der Waals surface area contributed by atoms with E-state index >= 15 is 0 Å². The van der Waals surface area contributed by atoms with Gasteiger partial charge in [0.05, 0.1) is 31.7 Å². The summed E-state index contributed by atoms with van der Waals surface area (Å²) in [7, 11) is 2.56. The zero-order chi connectivity index (χ0) is 22.6. The molecule has 1 fully saturated rings. The average Bonchev–Trinajstić information content (AvgIpc) is 3.13. The maximum absolute atomic E-state index is 12.5. The maximum Gasteiger partial charge on any atom is 0.331 e. The molecule has 166 valence electrons. The number of rotatable bonds is 6. The number of ether oxygens (including phenoxy) is 2. The lowest BCUT2D eigenvalue weighted by molar-refractivity contribution is -0.156. The van der Waals surface area contributed by atoms with E-state index in [2.05, 4.69) is 10.6 Å². The molecule has 0 radical (unpaired) electrons. The van der Waals surface area contributed by atoms with Gasteiger partial charge in [-0.3, -0.25) is 14.4 Å². The largest absolute Gasteiger partial charge is 0.469 e. The molecule has 1 aliphatic carbocycles. The Labute approximate surface area is 188 Å². The van der Waals surface area contributed by atoms with Crippen molar-refractivity contribution < 1.29 is 28.7 Å². The van der Waals surface area contributed by atoms with E-state index in [9.17, 15) is 19.2 Å². The van der Waals surface area contributed by atoms with E-state index < -0.39 is 23.3 Å². The summed E-state index contributed by atoms with van der Waals surface area (Å²) in [6, 6.07) is 7.37. The van der Waals surface area contributed by atoms with Crippen LogP contribution in [0.25, 0.3) is 10.1 Å². The van der Waals surface area contributed by atoms with Gasteiger partial charge in [-0.15, -0.1) is 11.3 Å². The van der Waals surface area contributed by atoms with Crippen LogP contribution in [0.5, 0.6) is 0 Å². The fourth-order valence-electron chi connectivity index (χ4n) is 3.80. The number of amides is 2. The molecule has 10 heteroatoms. The van der Waals surface area contributed by atoms with Crippen molar-refractivity contribution in [3.8, 4) is 0 Å². The van der Waals surface area contributed by atoms with Crippen molar-refractivity contribution in [2.75, 3.05) is 20.8 Å². The molecule has 1 aromatic carbocycles. The van der Waals surface area contributed by atoms with E-state index in [1.165, 1.54) is 25.6 Å². The zero-order valence-corrected chi connectivity index (χ0v) is 18.7. The Morgan fingerprint density at radius 1 is 1.13 bits per heavy atom. The van der Waals surface area contributed by atoms with Gasteiger partial charge in [-0.05, 0) is 31.7 Å². The molecule has 1 aliphatic rings. The highest BCUT2D eigenvalue weighted by atomic mass is 35.5. The Morgan fingerprint density at radius 2 is 1.81 bits per heavy atom. The van der Waals surface area contributed by atoms with Crippen LogP contribution in [0.15, 0.2) is 24.3 Å². The number of esters is 2. The Bertz CT molecular complexity index is 1010. The molecule has 3 rings (SSSR count). The second-order valence-corrected chi connectivity index (χ2v) is 8.77. The Kier molecular flexibility index (Phi) is 7.17. The van der Waals surface area contributed by atoms with E-state index in [0.717, 1.165) is 10.1 Å². The number of fused-ring (bicyclic) bond motifs is 1. The van der Waals surface area contributed by atoms with Gasteiger partial charge in [-0.1, -0.05) is 29.8 Å². The van der Waals surface area contributed by atoms with Crippen LogP contribution in [0.3, 0.4) is 0 Å². The molecule has 8 nitrogen and oxygen atoms in total. The summed E-state index contributed by atoms with van der Waals surface area (Å²) in [6.45, 7) is -0.331. The number of carbonyl (C=O) groups is 4. The van der Waals surface area contributed by atoms with Gasteiger partial charge in [0.2, 0.25) is 5.91 Å². The van der Waals surface area contributed by atoms with Gasteiger partial charge in [-0.2, -0.15) is 0 Å². The molecule has 2 N–H and O–H groups in total. The molecule has 0 unspecified atom stereocenters. The van der Waals surface area contributed by atoms with Crippen molar-refractivity contribution in [3.63, 3.8) is 0 Å². The van der Waals surface area contributed by atoms with Gasteiger partial charge in [-0.25, -0.2) is 4.79 Å². The molecule has 2 aromatic rings. The normalized spacial score (nSPS) is 20.7. The molecule has 0 aliphatic heterocycles. The molecule has 0 spiro atoms. The predicted molar refractivity (Wildman–Crippen MR) is 116 cm³/mol. The first-order chi connectivity index (χ1) is 14.8. The van der Waals surface area contributed by atoms with Crippen LogP contribution in [0.2, 0.25) is 5.02 Å². The van der Waals surface area contributed by atoms with E-state index in [0.29, 0.717) is 22.7 Å². The van der Waals surface area contributed by atoms with Crippen LogP contribution < -0.4 is 10.6 Å². The van der Waals surface area contributed by atoms with Crippen LogP contribution in [-0.4, -0.2) is 50.1 Å². The molecule has 1 saturated carbocycles. The molecule has 2 amide bonds. The number of benzene rings is 1. The quantitative estimate of drug-likeness (QED) is 0.633. The topological polar surface area (TPSA) is 111 Å². The number of halogens is 1. The van der Waals surface area contributed by atoms with Crippen LogP contribution in [0.4, 0.5) is 0 Å². The van der Waals surface area contributed by atoms with Crippen molar-refractivity contribution in [2.45, 2.75) is 31.2 Å². The van der Waals surface area contributed by atoms with Crippen LogP contribution in [0, 0.1) is 5.92 Å². The molecular formula is C21H23ClN2O6S. The molecule has 1 aromatic heterocycles. The van der Waals surface area contributed by atoms with Gasteiger partial charge >= 0.3 is 11.9 Å².